The zero-order chi connectivity index (χ0) is 23.1. The molecule has 0 aliphatic heterocycles. The first-order valence-corrected chi connectivity index (χ1v) is 11.6. The van der Waals surface area contributed by atoms with Gasteiger partial charge in [0.2, 0.25) is 22.2 Å². The average molecular weight is 478 g/mol. The van der Waals surface area contributed by atoms with Gasteiger partial charge in [-0.25, -0.2) is 9.18 Å². The van der Waals surface area contributed by atoms with E-state index in [9.17, 15) is 18.8 Å². The lowest BCUT2D eigenvalue weighted by Crippen LogP contribution is -2.21. The van der Waals surface area contributed by atoms with Crippen LogP contribution in [0.4, 0.5) is 9.52 Å². The van der Waals surface area contributed by atoms with Crippen molar-refractivity contribution >= 4 is 40.1 Å². The fraction of sp³-hybridized carbons (Fsp3) is 0.286. The molecule has 0 unspecified atom stereocenters. The molecular formula is C21H20FN3O5S2. The molecule has 0 atom stereocenters. The minimum Gasteiger partial charge on any atom is -0.464 e. The molecule has 0 bridgehead atoms. The highest BCUT2D eigenvalue weighted by atomic mass is 32.2. The number of nitrogens with zero attached hydrogens (tertiary/aromatic N) is 2. The van der Waals surface area contributed by atoms with Gasteiger partial charge in [0.05, 0.1) is 11.3 Å². The molecule has 32 heavy (non-hydrogen) atoms. The number of amides is 1. The van der Waals surface area contributed by atoms with Gasteiger partial charge in [-0.2, -0.15) is 0 Å². The fourth-order valence-electron chi connectivity index (χ4n) is 2.65. The van der Waals surface area contributed by atoms with Gasteiger partial charge in [-0.15, -0.1) is 10.2 Å². The molecule has 1 aromatic carbocycles. The summed E-state index contributed by atoms with van der Waals surface area (Å²) in [5.41, 5.74) is -0.425. The number of hydrogen-bond donors (Lipinski definition) is 1. The Morgan fingerprint density at radius 1 is 1.22 bits per heavy atom. The zero-order valence-corrected chi connectivity index (χ0v) is 18.9. The van der Waals surface area contributed by atoms with Crippen molar-refractivity contribution in [3.05, 3.63) is 64.0 Å². The molecule has 2 aromatic heterocycles. The maximum Gasteiger partial charge on any atom is 0.343 e. The number of benzene rings is 1. The van der Waals surface area contributed by atoms with Crippen LogP contribution < -0.4 is 15.5 Å². The van der Waals surface area contributed by atoms with Gasteiger partial charge in [0, 0.05) is 12.0 Å². The van der Waals surface area contributed by atoms with Gasteiger partial charge in [-0.3, -0.25) is 9.59 Å². The van der Waals surface area contributed by atoms with E-state index in [1.165, 1.54) is 41.3 Å². The van der Waals surface area contributed by atoms with Crippen LogP contribution in [0.15, 0.2) is 50.1 Å². The van der Waals surface area contributed by atoms with Crippen LogP contribution >= 0.6 is 23.1 Å². The summed E-state index contributed by atoms with van der Waals surface area (Å²) >= 11 is 2.51. The lowest BCUT2D eigenvalue weighted by Gasteiger charge is -2.09. The van der Waals surface area contributed by atoms with Gasteiger partial charge in [-0.05, 0) is 37.1 Å². The standard InChI is InChI=1S/C21H20FN3O5S2/c1-3-12(4-2)18(27)23-20-24-25-21(32-20)31-11-15-9-16(26)17(10-29-15)30-19(28)13-5-7-14(22)8-6-13/h5-10,12H,3-4,11H2,1-2H3,(H,23,24,27). The number of carbonyl (C=O) groups is 2. The zero-order valence-electron chi connectivity index (χ0n) is 17.3. The minimum absolute atomic E-state index is 0.0695. The Morgan fingerprint density at radius 2 is 1.94 bits per heavy atom. The second kappa shape index (κ2) is 11.0. The van der Waals surface area contributed by atoms with Gasteiger partial charge >= 0.3 is 5.97 Å². The summed E-state index contributed by atoms with van der Waals surface area (Å²) in [6, 6.07) is 5.98. The van der Waals surface area contributed by atoms with Crippen LogP contribution in [-0.2, 0) is 10.5 Å². The SMILES string of the molecule is CCC(CC)C(=O)Nc1nnc(SCc2cc(=O)c(OC(=O)c3ccc(F)cc3)co2)s1. The highest BCUT2D eigenvalue weighted by molar-refractivity contribution is 8.00. The summed E-state index contributed by atoms with van der Waals surface area (Å²) in [5.74, 6) is -1.07. The molecule has 8 nitrogen and oxygen atoms in total. The first-order chi connectivity index (χ1) is 15.4. The third-order valence-electron chi connectivity index (χ3n) is 4.47. The molecule has 0 fully saturated rings. The van der Waals surface area contributed by atoms with Crippen molar-refractivity contribution in [1.82, 2.24) is 10.2 Å². The molecule has 1 amide bonds. The summed E-state index contributed by atoms with van der Waals surface area (Å²) in [6.07, 6.45) is 2.55. The molecular weight excluding hydrogens is 457 g/mol. The van der Waals surface area contributed by atoms with Gasteiger partial charge in [-0.1, -0.05) is 36.9 Å². The number of aromatic nitrogens is 2. The van der Waals surface area contributed by atoms with Gasteiger partial charge in [0.15, 0.2) is 4.34 Å². The molecule has 3 rings (SSSR count). The Kier molecular flexibility index (Phi) is 8.12. The molecule has 2 heterocycles. The number of carbonyl (C=O) groups excluding carboxylic acids is 2. The Balaban J connectivity index is 1.56. The lowest BCUT2D eigenvalue weighted by molar-refractivity contribution is -0.120. The number of anilines is 1. The maximum atomic E-state index is 13.0. The number of nitrogens with one attached hydrogen (secondary N) is 1. The maximum absolute atomic E-state index is 13.0. The summed E-state index contributed by atoms with van der Waals surface area (Å²) in [6.45, 7) is 3.91. The predicted molar refractivity (Wildman–Crippen MR) is 119 cm³/mol. The van der Waals surface area contributed by atoms with Crippen molar-refractivity contribution < 1.29 is 23.1 Å². The number of thioether (sulfide) groups is 1. The summed E-state index contributed by atoms with van der Waals surface area (Å²) < 4.78 is 24.0. The van der Waals surface area contributed by atoms with Crippen LogP contribution in [0, 0.1) is 11.7 Å². The molecule has 0 spiro atoms. The summed E-state index contributed by atoms with van der Waals surface area (Å²) in [4.78, 5) is 36.4. The minimum atomic E-state index is -0.795. The van der Waals surface area contributed by atoms with Crippen LogP contribution in [-0.4, -0.2) is 22.1 Å². The highest BCUT2D eigenvalue weighted by Gasteiger charge is 2.17. The van der Waals surface area contributed by atoms with Crippen LogP contribution in [0.3, 0.4) is 0 Å². The smallest absolute Gasteiger partial charge is 0.343 e. The molecule has 0 radical (unpaired) electrons. The largest absolute Gasteiger partial charge is 0.464 e. The number of halogens is 1. The van der Waals surface area contributed by atoms with E-state index in [1.807, 2.05) is 13.8 Å². The third kappa shape index (κ3) is 6.24. The average Bonchev–Trinajstić information content (AvgIpc) is 3.22. The van der Waals surface area contributed by atoms with Crippen LogP contribution in [0.2, 0.25) is 0 Å². The molecule has 1 N–H and O–H groups in total. The summed E-state index contributed by atoms with van der Waals surface area (Å²) in [5, 5.41) is 11.2. The Labute approximate surface area is 191 Å². The Hall–Kier alpha value is -3.05. The number of hydrogen-bond acceptors (Lipinski definition) is 9. The van der Waals surface area contributed by atoms with Crippen molar-refractivity contribution in [3.63, 3.8) is 0 Å². The molecule has 0 saturated carbocycles. The van der Waals surface area contributed by atoms with E-state index in [4.69, 9.17) is 9.15 Å². The lowest BCUT2D eigenvalue weighted by atomic mass is 10.0. The second-order valence-corrected chi connectivity index (χ2v) is 8.84. The Bertz CT molecular complexity index is 1140. The summed E-state index contributed by atoms with van der Waals surface area (Å²) in [7, 11) is 0. The molecule has 0 saturated heterocycles. The first-order valence-electron chi connectivity index (χ1n) is 9.76. The van der Waals surface area contributed by atoms with Crippen molar-refractivity contribution in [3.8, 4) is 5.75 Å². The monoisotopic (exact) mass is 477 g/mol. The quantitative estimate of drug-likeness (QED) is 0.272. The predicted octanol–water partition coefficient (Wildman–Crippen LogP) is 4.52. The van der Waals surface area contributed by atoms with Gasteiger partial charge in [0.25, 0.3) is 0 Å². The second-order valence-electron chi connectivity index (χ2n) is 6.64. The van der Waals surface area contributed by atoms with E-state index in [2.05, 4.69) is 15.5 Å². The molecule has 0 aliphatic rings. The van der Waals surface area contributed by atoms with E-state index >= 15 is 0 Å². The van der Waals surface area contributed by atoms with Gasteiger partial charge < -0.3 is 14.5 Å². The first kappa shape index (κ1) is 23.6. The topological polar surface area (TPSA) is 111 Å². The van der Waals surface area contributed by atoms with Crippen molar-refractivity contribution in [1.29, 1.82) is 0 Å². The van der Waals surface area contributed by atoms with E-state index in [0.29, 0.717) is 15.2 Å². The number of rotatable bonds is 9. The van der Waals surface area contributed by atoms with E-state index in [1.54, 1.807) is 0 Å². The normalized spacial score (nSPS) is 10.9. The van der Waals surface area contributed by atoms with E-state index < -0.39 is 17.2 Å². The number of ether oxygens (including phenoxy) is 1. The van der Waals surface area contributed by atoms with Crippen molar-refractivity contribution in [2.24, 2.45) is 5.92 Å². The van der Waals surface area contributed by atoms with Crippen LogP contribution in [0.25, 0.3) is 0 Å². The molecule has 0 aliphatic carbocycles. The third-order valence-corrected chi connectivity index (χ3v) is 6.46. The van der Waals surface area contributed by atoms with Crippen molar-refractivity contribution in [2.45, 2.75) is 36.8 Å². The van der Waals surface area contributed by atoms with E-state index in [-0.39, 0.29) is 28.9 Å². The molecule has 11 heteroatoms. The number of esters is 1. The van der Waals surface area contributed by atoms with Crippen LogP contribution in [0.5, 0.6) is 5.75 Å². The van der Waals surface area contributed by atoms with Crippen molar-refractivity contribution in [2.75, 3.05) is 5.32 Å². The van der Waals surface area contributed by atoms with Gasteiger partial charge in [0.1, 0.15) is 17.8 Å². The highest BCUT2D eigenvalue weighted by Crippen LogP contribution is 2.28. The fourth-order valence-corrected chi connectivity index (χ4v) is 4.30. The van der Waals surface area contributed by atoms with E-state index in [0.717, 1.165) is 31.2 Å². The Morgan fingerprint density at radius 3 is 2.59 bits per heavy atom. The molecule has 168 valence electrons. The van der Waals surface area contributed by atoms with Crippen LogP contribution in [0.1, 0.15) is 42.8 Å². The molecule has 3 aromatic rings.